The second kappa shape index (κ2) is 32.7. The van der Waals surface area contributed by atoms with Gasteiger partial charge in [0.2, 0.25) is 0 Å². The second-order valence-corrected chi connectivity index (χ2v) is 20.1. The number of carbonyl (C=O) groups is 3. The van der Waals surface area contributed by atoms with Crippen LogP contribution >= 0.6 is 0 Å². The molecule has 0 bridgehead atoms. The number of aliphatic carboxylic acids is 3. The number of quaternary nitrogens is 1. The Hall–Kier alpha value is -1.97. The van der Waals surface area contributed by atoms with Gasteiger partial charge in [-0.05, 0) is 19.8 Å². The standard InChI is InChI=1S/C41H81NO20Si/c1-5-6-7-8-9-10-11-12-13-14-15-16-17-18-19-21-42(3,4)22-20-23-63(60-24-28(43)32(47)31(46)27(2)39(54)55,61-25-29(44)33(48)35(50)37(52)40(56)57)62-26-30(45)34(49)36(51)38(53)41(58)59/h27-38,43-53H,5-26H2,1-4H3,(H2-,54,55,56,57,58,59)/p+1/t27-,28-,29-,30-,31-,32-,33-,34-,35+,36+,37-,38-/m1/s1. The number of hydrogen-bond donors (Lipinski definition) is 14. The van der Waals surface area contributed by atoms with Gasteiger partial charge in [0.05, 0.1) is 59.0 Å². The predicted molar refractivity (Wildman–Crippen MR) is 228 cm³/mol. The van der Waals surface area contributed by atoms with Crippen LogP contribution in [0.25, 0.3) is 0 Å². The van der Waals surface area contributed by atoms with Crippen LogP contribution in [-0.2, 0) is 27.7 Å². The van der Waals surface area contributed by atoms with E-state index in [4.69, 9.17) is 23.5 Å². The van der Waals surface area contributed by atoms with Crippen molar-refractivity contribution in [2.75, 3.05) is 47.0 Å². The van der Waals surface area contributed by atoms with E-state index >= 15 is 0 Å². The second-order valence-electron chi connectivity index (χ2n) is 17.4. The molecule has 0 aromatic heterocycles. The molecule has 0 fully saturated rings. The van der Waals surface area contributed by atoms with Crippen molar-refractivity contribution in [2.45, 2.75) is 190 Å². The molecule has 0 saturated heterocycles. The van der Waals surface area contributed by atoms with E-state index in [-0.39, 0.29) is 12.5 Å². The molecule has 0 aromatic rings. The van der Waals surface area contributed by atoms with Crippen LogP contribution in [0.5, 0.6) is 0 Å². The highest BCUT2D eigenvalue weighted by molar-refractivity contribution is 6.60. The largest absolute Gasteiger partial charge is 0.501 e. The molecule has 0 aromatic carbocycles. The highest BCUT2D eigenvalue weighted by atomic mass is 28.4. The normalized spacial score (nSPS) is 18.3. The van der Waals surface area contributed by atoms with E-state index in [0.717, 1.165) is 39.2 Å². The lowest BCUT2D eigenvalue weighted by molar-refractivity contribution is -0.890. The molecule has 0 rings (SSSR count). The number of carboxylic acid groups (broad SMARTS) is 3. The van der Waals surface area contributed by atoms with E-state index in [2.05, 4.69) is 6.92 Å². The van der Waals surface area contributed by atoms with Crippen LogP contribution in [0.4, 0.5) is 0 Å². The van der Waals surface area contributed by atoms with Crippen LogP contribution in [0.3, 0.4) is 0 Å². The van der Waals surface area contributed by atoms with E-state index in [9.17, 15) is 75.7 Å². The van der Waals surface area contributed by atoms with Gasteiger partial charge >= 0.3 is 26.7 Å². The van der Waals surface area contributed by atoms with Crippen molar-refractivity contribution in [1.82, 2.24) is 0 Å². The lowest BCUT2D eigenvalue weighted by Gasteiger charge is -2.36. The first-order valence-electron chi connectivity index (χ1n) is 22.4. The van der Waals surface area contributed by atoms with Gasteiger partial charge < -0.3 is 89.3 Å². The molecule has 63 heavy (non-hydrogen) atoms. The van der Waals surface area contributed by atoms with Crippen molar-refractivity contribution in [3.63, 3.8) is 0 Å². The summed E-state index contributed by atoms with van der Waals surface area (Å²) in [5.74, 6) is -6.91. The molecule has 0 spiro atoms. The summed E-state index contributed by atoms with van der Waals surface area (Å²) in [7, 11) is -0.663. The summed E-state index contributed by atoms with van der Waals surface area (Å²) in [5.41, 5.74) is 0. The van der Waals surface area contributed by atoms with Crippen molar-refractivity contribution >= 4 is 26.7 Å². The van der Waals surface area contributed by atoms with Gasteiger partial charge in [-0.15, -0.1) is 0 Å². The first-order chi connectivity index (χ1) is 29.4. The van der Waals surface area contributed by atoms with Crippen molar-refractivity contribution < 1.29 is 104 Å². The maximum Gasteiger partial charge on any atom is 0.501 e. The molecular formula is C41H82NO20Si+. The van der Waals surface area contributed by atoms with E-state index in [1.807, 2.05) is 14.1 Å². The summed E-state index contributed by atoms with van der Waals surface area (Å²) in [4.78, 5) is 33.8. The Morgan fingerprint density at radius 2 is 0.746 bits per heavy atom. The predicted octanol–water partition coefficient (Wildman–Crippen LogP) is -0.827. The number of rotatable bonds is 41. The molecule has 0 aliphatic carbocycles. The number of nitrogens with zero attached hydrogens (tertiary/aromatic N) is 1. The van der Waals surface area contributed by atoms with Gasteiger partial charge in [0, 0.05) is 12.5 Å². The highest BCUT2D eigenvalue weighted by Crippen LogP contribution is 2.24. The minimum Gasteiger partial charge on any atom is -0.481 e. The third kappa shape index (κ3) is 24.9. The quantitative estimate of drug-likeness (QED) is 0.0202. The highest BCUT2D eigenvalue weighted by Gasteiger charge is 2.47. The molecule has 0 saturated carbocycles. The number of hydrogen-bond acceptors (Lipinski definition) is 17. The van der Waals surface area contributed by atoms with Crippen LogP contribution < -0.4 is 0 Å². The molecular weight excluding hydrogens is 855 g/mol. The van der Waals surface area contributed by atoms with Gasteiger partial charge in [0.15, 0.2) is 12.2 Å². The summed E-state index contributed by atoms with van der Waals surface area (Å²) < 4.78 is 18.1. The minimum absolute atomic E-state index is 0.188. The summed E-state index contributed by atoms with van der Waals surface area (Å²) in [6.45, 7) is 1.47. The van der Waals surface area contributed by atoms with Crippen molar-refractivity contribution in [1.29, 1.82) is 0 Å². The molecule has 22 heteroatoms. The average molecular weight is 937 g/mol. The Balaban J connectivity index is 5.98. The van der Waals surface area contributed by atoms with Crippen LogP contribution in [-0.4, -0.2) is 217 Å². The fourth-order valence-corrected chi connectivity index (χ4v) is 9.36. The smallest absolute Gasteiger partial charge is 0.481 e. The van der Waals surface area contributed by atoms with Gasteiger partial charge in [-0.25, -0.2) is 9.59 Å². The molecule has 0 heterocycles. The Morgan fingerprint density at radius 1 is 0.444 bits per heavy atom. The van der Waals surface area contributed by atoms with Gasteiger partial charge in [0.25, 0.3) is 0 Å². The third-order valence-electron chi connectivity index (χ3n) is 11.3. The zero-order valence-corrected chi connectivity index (χ0v) is 38.6. The molecule has 0 amide bonds. The Labute approximate surface area is 372 Å². The van der Waals surface area contributed by atoms with Crippen LogP contribution in [0.15, 0.2) is 0 Å². The van der Waals surface area contributed by atoms with Crippen LogP contribution in [0.2, 0.25) is 6.04 Å². The maximum atomic E-state index is 11.4. The molecule has 0 aliphatic rings. The molecule has 0 aliphatic heterocycles. The van der Waals surface area contributed by atoms with Crippen molar-refractivity contribution in [3.05, 3.63) is 0 Å². The summed E-state index contributed by atoms with van der Waals surface area (Å²) in [6.07, 6.45) is -6.67. The SMILES string of the molecule is CCCCCCCCCCCCCCCCC[N+](C)(C)CCC[Si](OC[C@@H](O)[C@@H](O)[C@H](O)[C@@H](C)C(=O)O)(OC[C@@H](O)[C@@H](O)[C@H](O)[C@@H](O)C(=O)O)OC[C@@H](O)[C@@H](O)[C@H](O)[C@@H](O)C(=O)O. The Bertz CT molecular complexity index is 1130. The number of unbranched alkanes of at least 4 members (excludes halogenated alkanes) is 14. The van der Waals surface area contributed by atoms with E-state index in [1.165, 1.54) is 70.6 Å². The fraction of sp³-hybridized carbons (Fsp3) is 0.927. The summed E-state index contributed by atoms with van der Waals surface area (Å²) in [6, 6.07) is -0.239. The summed E-state index contributed by atoms with van der Waals surface area (Å²) in [5, 5.41) is 141. The van der Waals surface area contributed by atoms with Crippen LogP contribution in [0.1, 0.15) is 117 Å². The fourth-order valence-electron chi connectivity index (χ4n) is 6.81. The van der Waals surface area contributed by atoms with E-state index in [0.29, 0.717) is 11.0 Å². The van der Waals surface area contributed by atoms with Gasteiger partial charge in [-0.2, -0.15) is 0 Å². The molecule has 21 nitrogen and oxygen atoms in total. The molecule has 374 valence electrons. The molecule has 0 unspecified atom stereocenters. The number of aliphatic hydroxyl groups is 11. The van der Waals surface area contributed by atoms with Gasteiger partial charge in [-0.3, -0.25) is 4.79 Å². The lowest BCUT2D eigenvalue weighted by atomic mass is 9.97. The first-order valence-corrected chi connectivity index (χ1v) is 24.3. The van der Waals surface area contributed by atoms with E-state index in [1.54, 1.807) is 0 Å². The van der Waals surface area contributed by atoms with Gasteiger partial charge in [-0.1, -0.05) is 90.4 Å². The zero-order chi connectivity index (χ0) is 48.3. The van der Waals surface area contributed by atoms with Crippen molar-refractivity contribution in [2.24, 2.45) is 5.92 Å². The molecule has 0 radical (unpaired) electrons. The first kappa shape index (κ1) is 61.0. The van der Waals surface area contributed by atoms with Crippen molar-refractivity contribution in [3.8, 4) is 0 Å². The van der Waals surface area contributed by atoms with Gasteiger partial charge in [0.1, 0.15) is 48.8 Å². The van der Waals surface area contributed by atoms with Crippen LogP contribution in [0, 0.1) is 5.92 Å². The topological polar surface area (TPSA) is 362 Å². The monoisotopic (exact) mass is 937 g/mol. The Kier molecular flexibility index (Phi) is 31.6. The third-order valence-corrected chi connectivity index (χ3v) is 14.1. The minimum atomic E-state index is -4.59. The molecule has 14 N–H and O–H groups in total. The lowest BCUT2D eigenvalue weighted by Crippen LogP contribution is -2.56. The zero-order valence-electron chi connectivity index (χ0n) is 37.6. The summed E-state index contributed by atoms with van der Waals surface area (Å²) >= 11 is 0. The maximum absolute atomic E-state index is 11.4. The molecule has 12 atom stereocenters. The number of aliphatic hydroxyl groups excluding tert-OH is 11. The Morgan fingerprint density at radius 3 is 1.06 bits per heavy atom. The number of carboxylic acids is 3. The van der Waals surface area contributed by atoms with E-state index < -0.39 is 120 Å². The average Bonchev–Trinajstić information content (AvgIpc) is 3.24.